The predicted molar refractivity (Wildman–Crippen MR) is 35.9 cm³/mol. The zero-order chi connectivity index (χ0) is 7.28. The molecule has 0 N–H and O–H groups in total. The Balaban J connectivity index is 3.74. The van der Waals surface area contributed by atoms with Crippen molar-refractivity contribution < 1.29 is 9.53 Å². The van der Waals surface area contributed by atoms with Gasteiger partial charge in [0.15, 0.2) is 0 Å². The molecule has 0 aliphatic carbocycles. The lowest BCUT2D eigenvalue weighted by atomic mass is 10.4. The number of halogens is 1. The van der Waals surface area contributed by atoms with Crippen molar-refractivity contribution in [2.24, 2.45) is 0 Å². The van der Waals surface area contributed by atoms with Crippen LogP contribution in [0.1, 0.15) is 6.92 Å². The highest BCUT2D eigenvalue weighted by Crippen LogP contribution is 1.97. The van der Waals surface area contributed by atoms with Crippen molar-refractivity contribution in [3.05, 3.63) is 18.0 Å². The Morgan fingerprint density at radius 2 is 2.44 bits per heavy atom. The van der Waals surface area contributed by atoms with Gasteiger partial charge in [0.1, 0.15) is 0 Å². The van der Waals surface area contributed by atoms with Crippen LogP contribution in [0.2, 0.25) is 0 Å². The van der Waals surface area contributed by atoms with Gasteiger partial charge in [0.2, 0.25) is 0 Å². The average molecular weight is 148 g/mol. The van der Waals surface area contributed by atoms with E-state index in [4.69, 9.17) is 11.6 Å². The van der Waals surface area contributed by atoms with Crippen LogP contribution in [0.3, 0.4) is 0 Å². The molecule has 9 heavy (non-hydrogen) atoms. The summed E-state index contributed by atoms with van der Waals surface area (Å²) in [6, 6.07) is 0. The van der Waals surface area contributed by atoms with E-state index in [0.29, 0.717) is 5.57 Å². The number of ether oxygens (including phenoxy) is 1. The molecule has 0 aromatic carbocycles. The van der Waals surface area contributed by atoms with Crippen LogP contribution >= 0.6 is 11.6 Å². The summed E-state index contributed by atoms with van der Waals surface area (Å²) < 4.78 is 4.49. The van der Waals surface area contributed by atoms with Crippen molar-refractivity contribution in [2.45, 2.75) is 6.92 Å². The van der Waals surface area contributed by atoms with Gasteiger partial charge in [-0.3, -0.25) is 0 Å². The van der Waals surface area contributed by atoms with Crippen molar-refractivity contribution in [2.75, 3.05) is 6.61 Å². The molecule has 0 aromatic heterocycles. The molecule has 0 aliphatic rings. The van der Waals surface area contributed by atoms with Crippen LogP contribution < -0.4 is 0 Å². The molecule has 0 rings (SSSR count). The maximum absolute atomic E-state index is 10.6. The Labute approximate surface area is 59.5 Å². The van der Waals surface area contributed by atoms with E-state index in [0.717, 1.165) is 0 Å². The Kier molecular flexibility index (Phi) is 4.14. The molecular weight excluding hydrogens is 140 g/mol. The zero-order valence-corrected chi connectivity index (χ0v) is 5.94. The van der Waals surface area contributed by atoms with Gasteiger partial charge in [-0.15, -0.1) is 0 Å². The molecule has 0 saturated carbocycles. The lowest BCUT2D eigenvalue weighted by Gasteiger charge is -1.97. The lowest BCUT2D eigenvalue weighted by Crippen LogP contribution is -2.04. The van der Waals surface area contributed by atoms with Gasteiger partial charge in [-0.2, -0.15) is 0 Å². The number of hydrogen-bond donors (Lipinski definition) is 0. The fourth-order valence-electron chi connectivity index (χ4n) is 0.251. The van der Waals surface area contributed by atoms with E-state index in [9.17, 15) is 4.79 Å². The van der Waals surface area contributed by atoms with Gasteiger partial charge < -0.3 is 4.74 Å². The van der Waals surface area contributed by atoms with E-state index in [-0.39, 0.29) is 6.61 Å². The number of esters is 1. The van der Waals surface area contributed by atoms with E-state index in [2.05, 4.69) is 11.7 Å². The average Bonchev–Trinajstić information content (AvgIpc) is 1.87. The number of rotatable bonds is 2. The van der Waals surface area contributed by atoms with Crippen LogP contribution in [-0.4, -0.2) is 12.6 Å². The van der Waals surface area contributed by atoms with Crippen LogP contribution in [0, 0.1) is 6.92 Å². The van der Waals surface area contributed by atoms with Crippen molar-refractivity contribution in [3.8, 4) is 0 Å². The van der Waals surface area contributed by atoms with E-state index in [1.165, 1.54) is 5.54 Å². The molecule has 0 fully saturated rings. The normalized spacial score (nSPS) is 11.2. The van der Waals surface area contributed by atoms with Crippen molar-refractivity contribution in [3.63, 3.8) is 0 Å². The second kappa shape index (κ2) is 4.39. The van der Waals surface area contributed by atoms with Crippen molar-refractivity contribution >= 4 is 17.6 Å². The molecule has 2 nitrogen and oxygen atoms in total. The van der Waals surface area contributed by atoms with E-state index in [1.807, 2.05) is 0 Å². The van der Waals surface area contributed by atoms with Crippen LogP contribution in [-0.2, 0) is 9.53 Å². The molecule has 3 heteroatoms. The van der Waals surface area contributed by atoms with Gasteiger partial charge in [0.05, 0.1) is 6.61 Å². The van der Waals surface area contributed by atoms with Crippen LogP contribution in [0.15, 0.2) is 11.1 Å². The molecule has 1 radical (unpaired) electrons. The zero-order valence-electron chi connectivity index (χ0n) is 5.19. The minimum Gasteiger partial charge on any atom is -0.462 e. The maximum atomic E-state index is 10.6. The third-order valence-electron chi connectivity index (χ3n) is 0.719. The second-order valence-corrected chi connectivity index (χ2v) is 1.65. The Hall–Kier alpha value is -0.500. The summed E-state index contributed by atoms with van der Waals surface area (Å²) in [4.78, 5) is 10.6. The molecule has 0 unspecified atom stereocenters. The standard InChI is InChI=1S/C6H8ClO2/c1-3-9-6(8)5(2)4-7/h4H,1,3H2,2H3. The molecule has 0 spiro atoms. The van der Waals surface area contributed by atoms with E-state index < -0.39 is 5.97 Å². The molecule has 0 saturated heterocycles. The first-order chi connectivity index (χ1) is 4.22. The first-order valence-corrected chi connectivity index (χ1v) is 2.89. The Morgan fingerprint density at radius 1 is 1.89 bits per heavy atom. The number of carbonyl (C=O) groups is 1. The Bertz CT molecular complexity index is 129. The van der Waals surface area contributed by atoms with Gasteiger partial charge in [-0.1, -0.05) is 11.6 Å². The molecule has 0 atom stereocenters. The summed E-state index contributed by atoms with van der Waals surface area (Å²) in [6.07, 6.45) is 0. The maximum Gasteiger partial charge on any atom is 0.334 e. The predicted octanol–water partition coefficient (Wildman–Crippen LogP) is 1.51. The second-order valence-electron chi connectivity index (χ2n) is 1.43. The minimum absolute atomic E-state index is 0.140. The highest BCUT2D eigenvalue weighted by Gasteiger charge is 2.01. The van der Waals surface area contributed by atoms with E-state index >= 15 is 0 Å². The number of hydrogen-bond acceptors (Lipinski definition) is 2. The molecule has 0 amide bonds. The summed E-state index contributed by atoms with van der Waals surface area (Å²) >= 11 is 5.20. The highest BCUT2D eigenvalue weighted by atomic mass is 35.5. The van der Waals surface area contributed by atoms with Crippen LogP contribution in [0.5, 0.6) is 0 Å². The molecule has 0 aromatic rings. The molecular formula is C6H8ClO2. The molecule has 0 bridgehead atoms. The smallest absolute Gasteiger partial charge is 0.334 e. The quantitative estimate of drug-likeness (QED) is 0.437. The van der Waals surface area contributed by atoms with Crippen molar-refractivity contribution in [1.29, 1.82) is 0 Å². The highest BCUT2D eigenvalue weighted by molar-refractivity contribution is 6.27. The van der Waals surface area contributed by atoms with Gasteiger partial charge in [-0.05, 0) is 13.8 Å². The summed E-state index contributed by atoms with van der Waals surface area (Å²) in [5.41, 5.74) is 1.57. The van der Waals surface area contributed by atoms with E-state index in [1.54, 1.807) is 6.92 Å². The number of carbonyl (C=O) groups excluding carboxylic acids is 1. The fourth-order valence-corrected chi connectivity index (χ4v) is 0.340. The van der Waals surface area contributed by atoms with Gasteiger partial charge in [0.25, 0.3) is 0 Å². The summed E-state index contributed by atoms with van der Waals surface area (Å²) in [6.45, 7) is 5.04. The summed E-state index contributed by atoms with van der Waals surface area (Å²) in [5, 5.41) is 0. The lowest BCUT2D eigenvalue weighted by molar-refractivity contribution is -0.137. The third-order valence-corrected chi connectivity index (χ3v) is 1.05. The first kappa shape index (κ1) is 8.50. The summed E-state index contributed by atoms with van der Waals surface area (Å²) in [5.74, 6) is -0.417. The SMILES string of the molecule is [CH2]COC(=O)C(C)=CCl. The first-order valence-electron chi connectivity index (χ1n) is 2.45. The monoisotopic (exact) mass is 147 g/mol. The van der Waals surface area contributed by atoms with Gasteiger partial charge in [-0.25, -0.2) is 4.79 Å². The molecule has 51 valence electrons. The minimum atomic E-state index is -0.417. The van der Waals surface area contributed by atoms with Crippen LogP contribution in [0.4, 0.5) is 0 Å². The molecule has 0 aliphatic heterocycles. The Morgan fingerprint density at radius 3 is 2.78 bits per heavy atom. The fraction of sp³-hybridized carbons (Fsp3) is 0.333. The largest absolute Gasteiger partial charge is 0.462 e. The van der Waals surface area contributed by atoms with Crippen molar-refractivity contribution in [1.82, 2.24) is 0 Å². The third kappa shape index (κ3) is 3.14. The topological polar surface area (TPSA) is 26.3 Å². The van der Waals surface area contributed by atoms with Gasteiger partial charge >= 0.3 is 5.97 Å². The van der Waals surface area contributed by atoms with Gasteiger partial charge in [0, 0.05) is 11.1 Å². The summed E-state index contributed by atoms with van der Waals surface area (Å²) in [7, 11) is 0. The molecule has 0 heterocycles. The van der Waals surface area contributed by atoms with Crippen LogP contribution in [0.25, 0.3) is 0 Å².